The van der Waals surface area contributed by atoms with Crippen molar-refractivity contribution in [2.24, 2.45) is 0 Å². The minimum atomic E-state index is -4.55. The molecule has 0 aliphatic heterocycles. The summed E-state index contributed by atoms with van der Waals surface area (Å²) in [5.41, 5.74) is 0. The Balaban J connectivity index is 4.11. The van der Waals surface area contributed by atoms with Crippen LogP contribution < -0.4 is 10.2 Å². The zero-order valence-electron chi connectivity index (χ0n) is 32.8. The van der Waals surface area contributed by atoms with Crippen molar-refractivity contribution in [3.05, 3.63) is 48.6 Å². The van der Waals surface area contributed by atoms with E-state index < -0.39 is 20.0 Å². The van der Waals surface area contributed by atoms with E-state index in [4.69, 9.17) is 9.05 Å². The average molecular weight is 725 g/mol. The van der Waals surface area contributed by atoms with Gasteiger partial charge in [-0.15, -0.1) is 0 Å². The first-order chi connectivity index (χ1) is 24.0. The Morgan fingerprint density at radius 3 is 1.78 bits per heavy atom. The Hall–Kier alpha value is -1.54. The topological polar surface area (TPSA) is 108 Å². The molecule has 3 unspecified atom stereocenters. The summed E-state index contributed by atoms with van der Waals surface area (Å²) in [6, 6.07) is -0.799. The maximum absolute atomic E-state index is 12.7. The number of allylic oxidation sites excluding steroid dienone is 8. The van der Waals surface area contributed by atoms with Gasteiger partial charge in [-0.25, -0.2) is 0 Å². The summed E-state index contributed by atoms with van der Waals surface area (Å²) in [7, 11) is 1.29. The van der Waals surface area contributed by atoms with Gasteiger partial charge in [-0.1, -0.05) is 146 Å². The molecule has 50 heavy (non-hydrogen) atoms. The van der Waals surface area contributed by atoms with Gasteiger partial charge < -0.3 is 28.8 Å². The average Bonchev–Trinajstić information content (AvgIpc) is 3.06. The number of aliphatic hydroxyl groups excluding tert-OH is 1. The number of nitrogens with one attached hydrogen (secondary N) is 1. The lowest BCUT2D eigenvalue weighted by Crippen LogP contribution is -2.46. The molecule has 2 N–H and O–H groups in total. The molecular weight excluding hydrogens is 647 g/mol. The number of hydrogen-bond donors (Lipinski definition) is 2. The molecule has 0 aromatic heterocycles. The van der Waals surface area contributed by atoms with Gasteiger partial charge in [0, 0.05) is 6.42 Å². The Bertz CT molecular complexity index is 959. The molecule has 0 aromatic carbocycles. The van der Waals surface area contributed by atoms with Gasteiger partial charge in [0.2, 0.25) is 5.91 Å². The molecule has 0 aliphatic rings. The number of quaternary nitrogens is 1. The highest BCUT2D eigenvalue weighted by Gasteiger charge is 2.24. The van der Waals surface area contributed by atoms with Crippen LogP contribution >= 0.6 is 7.82 Å². The second-order valence-corrected chi connectivity index (χ2v) is 16.0. The highest BCUT2D eigenvalue weighted by atomic mass is 31.2. The van der Waals surface area contributed by atoms with Crippen LogP contribution in [0.4, 0.5) is 0 Å². The van der Waals surface area contributed by atoms with E-state index in [1.807, 2.05) is 21.1 Å². The third-order valence-corrected chi connectivity index (χ3v) is 9.55. The summed E-state index contributed by atoms with van der Waals surface area (Å²) in [5, 5.41) is 13.7. The molecule has 292 valence electrons. The second kappa shape index (κ2) is 33.3. The first-order valence-electron chi connectivity index (χ1n) is 20.0. The monoisotopic (exact) mass is 725 g/mol. The lowest BCUT2D eigenvalue weighted by molar-refractivity contribution is -0.870. The first-order valence-corrected chi connectivity index (χ1v) is 21.4. The van der Waals surface area contributed by atoms with Crippen molar-refractivity contribution < 1.29 is 32.9 Å². The number of unbranched alkanes of at least 4 members (excludes halogenated alkanes) is 14. The molecule has 0 spiro atoms. The Morgan fingerprint density at radius 1 is 0.720 bits per heavy atom. The fourth-order valence-corrected chi connectivity index (χ4v) is 6.10. The number of hydrogen-bond acceptors (Lipinski definition) is 6. The number of likely N-dealkylation sites (N-methyl/N-ethyl adjacent to an activating group) is 1. The van der Waals surface area contributed by atoms with Gasteiger partial charge in [0.1, 0.15) is 13.2 Å². The quantitative estimate of drug-likeness (QED) is 0.0292. The number of rotatable bonds is 35. The first kappa shape index (κ1) is 48.5. The van der Waals surface area contributed by atoms with E-state index in [1.165, 1.54) is 51.4 Å². The van der Waals surface area contributed by atoms with E-state index in [-0.39, 0.29) is 19.1 Å². The molecule has 9 heteroatoms. The molecule has 0 fully saturated rings. The molecule has 0 aliphatic carbocycles. The number of aliphatic hydroxyl groups is 1. The van der Waals surface area contributed by atoms with Crippen LogP contribution in [0, 0.1) is 0 Å². The van der Waals surface area contributed by atoms with Crippen molar-refractivity contribution >= 4 is 13.7 Å². The predicted octanol–water partition coefficient (Wildman–Crippen LogP) is 9.89. The predicted molar refractivity (Wildman–Crippen MR) is 210 cm³/mol. The summed E-state index contributed by atoms with van der Waals surface area (Å²) in [6.07, 6.45) is 40.1. The van der Waals surface area contributed by atoms with E-state index in [0.29, 0.717) is 23.9 Å². The lowest BCUT2D eigenvalue weighted by atomic mass is 10.0. The van der Waals surface area contributed by atoms with Gasteiger partial charge in [0.15, 0.2) is 0 Å². The van der Waals surface area contributed by atoms with Gasteiger partial charge in [-0.05, 0) is 51.4 Å². The third kappa shape index (κ3) is 34.9. The maximum Gasteiger partial charge on any atom is 0.268 e. The number of carbonyl (C=O) groups excluding carboxylic acids is 1. The SMILES string of the molecule is CC/C=C\C/C=C\C/C=C\C/C=C\CCCCCCCCCCCCC(=O)NC(COP(=O)([O-])OCC[N+](C)(C)C)C(O)CCCCCCC. The van der Waals surface area contributed by atoms with Gasteiger partial charge in [0.05, 0.1) is 39.9 Å². The van der Waals surface area contributed by atoms with Crippen molar-refractivity contribution in [2.45, 2.75) is 167 Å². The molecule has 0 rings (SSSR count). The molecule has 0 saturated carbocycles. The molecule has 3 atom stereocenters. The summed E-state index contributed by atoms with van der Waals surface area (Å²) in [5.74, 6) is -0.180. The lowest BCUT2D eigenvalue weighted by Gasteiger charge is -2.30. The fraction of sp³-hybridized carbons (Fsp3) is 0.780. The van der Waals surface area contributed by atoms with Gasteiger partial charge in [0.25, 0.3) is 7.82 Å². The molecule has 0 aromatic rings. The number of phosphoric acid groups is 1. The van der Waals surface area contributed by atoms with Crippen LogP contribution in [0.5, 0.6) is 0 Å². The van der Waals surface area contributed by atoms with Crippen LogP contribution in [0.25, 0.3) is 0 Å². The van der Waals surface area contributed by atoms with Gasteiger partial charge >= 0.3 is 0 Å². The molecule has 1 amide bonds. The summed E-state index contributed by atoms with van der Waals surface area (Å²) >= 11 is 0. The third-order valence-electron chi connectivity index (χ3n) is 8.58. The zero-order valence-corrected chi connectivity index (χ0v) is 33.7. The Morgan fingerprint density at radius 2 is 1.22 bits per heavy atom. The van der Waals surface area contributed by atoms with E-state index in [0.717, 1.165) is 77.0 Å². The molecule has 0 radical (unpaired) electrons. The van der Waals surface area contributed by atoms with Crippen molar-refractivity contribution in [3.8, 4) is 0 Å². The van der Waals surface area contributed by atoms with Crippen molar-refractivity contribution in [1.82, 2.24) is 5.32 Å². The standard InChI is InChI=1S/C41H77N2O6P/c1-6-8-10-12-13-14-15-16-17-18-19-20-21-22-23-24-25-26-27-28-29-31-33-35-41(45)42-39(40(44)34-32-30-11-9-7-2)38-49-50(46,47)48-37-36-43(3,4)5/h8,10,13-14,16-17,19-20,39-40,44H,6-7,9,11-12,15,18,21-38H2,1-5H3,(H-,42,45,46,47)/b10-8-,14-13-,17-16-,20-19-. The van der Waals surface area contributed by atoms with Crippen molar-refractivity contribution in [1.29, 1.82) is 0 Å². The number of carbonyl (C=O) groups is 1. The van der Waals surface area contributed by atoms with E-state index in [9.17, 15) is 19.4 Å². The fourth-order valence-electron chi connectivity index (χ4n) is 5.38. The highest BCUT2D eigenvalue weighted by Crippen LogP contribution is 2.38. The summed E-state index contributed by atoms with van der Waals surface area (Å²) < 4.78 is 23.0. The van der Waals surface area contributed by atoms with Crippen LogP contribution in [0.2, 0.25) is 0 Å². The normalized spacial score (nSPS) is 15.1. The van der Waals surface area contributed by atoms with Crippen molar-refractivity contribution in [2.75, 3.05) is 40.9 Å². The van der Waals surface area contributed by atoms with Crippen LogP contribution in [-0.4, -0.2) is 68.5 Å². The van der Waals surface area contributed by atoms with E-state index >= 15 is 0 Å². The van der Waals surface area contributed by atoms with Gasteiger partial charge in [-0.2, -0.15) is 0 Å². The number of phosphoric ester groups is 1. The number of amides is 1. The van der Waals surface area contributed by atoms with E-state index in [1.54, 1.807) is 0 Å². The van der Waals surface area contributed by atoms with E-state index in [2.05, 4.69) is 67.8 Å². The molecule has 0 bridgehead atoms. The Labute approximate surface area is 308 Å². The molecule has 8 nitrogen and oxygen atoms in total. The van der Waals surface area contributed by atoms with Gasteiger partial charge in [-0.3, -0.25) is 9.36 Å². The summed E-state index contributed by atoms with van der Waals surface area (Å²) in [4.78, 5) is 25.0. The highest BCUT2D eigenvalue weighted by molar-refractivity contribution is 7.45. The van der Waals surface area contributed by atoms with Crippen LogP contribution in [-0.2, 0) is 18.4 Å². The van der Waals surface area contributed by atoms with Crippen LogP contribution in [0.15, 0.2) is 48.6 Å². The van der Waals surface area contributed by atoms with Crippen molar-refractivity contribution in [3.63, 3.8) is 0 Å². The smallest absolute Gasteiger partial charge is 0.268 e. The largest absolute Gasteiger partial charge is 0.756 e. The molecule has 0 saturated heterocycles. The summed E-state index contributed by atoms with van der Waals surface area (Å²) in [6.45, 7) is 4.49. The Kier molecular flexibility index (Phi) is 32.3. The molecule has 0 heterocycles. The van der Waals surface area contributed by atoms with Crippen LogP contribution in [0.1, 0.15) is 155 Å². The number of nitrogens with zero attached hydrogens (tertiary/aromatic N) is 1. The van der Waals surface area contributed by atoms with Crippen LogP contribution in [0.3, 0.4) is 0 Å². The second-order valence-electron chi connectivity index (χ2n) is 14.6. The maximum atomic E-state index is 12.7. The minimum absolute atomic E-state index is 0.00847. The minimum Gasteiger partial charge on any atom is -0.756 e. The zero-order chi connectivity index (χ0) is 37.2. The molecular formula is C41H77N2O6P.